The summed E-state index contributed by atoms with van der Waals surface area (Å²) in [6, 6.07) is 0. The summed E-state index contributed by atoms with van der Waals surface area (Å²) in [5, 5.41) is 14.9. The normalized spacial score (nSPS) is 11.2. The maximum atomic E-state index is 8.71. The Bertz CT molecular complexity index is 187. The molecule has 0 aliphatic carbocycles. The highest BCUT2D eigenvalue weighted by Crippen LogP contribution is 2.05. The average Bonchev–Trinajstić information content (AvgIpc) is 2.24. The molecule has 0 spiro atoms. The highest BCUT2D eigenvalue weighted by molar-refractivity contribution is 14.0. The Labute approximate surface area is 123 Å². The van der Waals surface area contributed by atoms with Crippen LogP contribution in [0.3, 0.4) is 0 Å². The van der Waals surface area contributed by atoms with Crippen molar-refractivity contribution in [3.05, 3.63) is 0 Å². The molecule has 0 aliphatic heterocycles. The zero-order valence-electron chi connectivity index (χ0n) is 11.3. The highest BCUT2D eigenvalue weighted by atomic mass is 127. The van der Waals surface area contributed by atoms with Gasteiger partial charge in [-0.05, 0) is 19.3 Å². The number of rotatable bonds is 8. The van der Waals surface area contributed by atoms with E-state index in [1.807, 2.05) is 6.92 Å². The lowest BCUT2D eigenvalue weighted by Gasteiger charge is -2.10. The van der Waals surface area contributed by atoms with E-state index in [-0.39, 0.29) is 30.6 Å². The van der Waals surface area contributed by atoms with E-state index in [0.29, 0.717) is 6.54 Å². The lowest BCUT2D eigenvalue weighted by Crippen LogP contribution is -2.38. The van der Waals surface area contributed by atoms with Crippen LogP contribution in [0.1, 0.15) is 40.0 Å². The maximum absolute atomic E-state index is 8.71. The molecular formula is C12H28IN3O. The fourth-order valence-corrected chi connectivity index (χ4v) is 1.37. The molecular weight excluding hydrogens is 329 g/mol. The minimum atomic E-state index is 0. The van der Waals surface area contributed by atoms with Gasteiger partial charge in [0, 0.05) is 19.6 Å². The molecule has 17 heavy (non-hydrogen) atoms. The molecule has 4 nitrogen and oxygen atoms in total. The minimum Gasteiger partial charge on any atom is -0.395 e. The van der Waals surface area contributed by atoms with Crippen LogP contribution in [0, 0.1) is 5.92 Å². The molecule has 0 amide bonds. The van der Waals surface area contributed by atoms with E-state index in [1.165, 1.54) is 12.8 Å². The Morgan fingerprint density at radius 3 is 2.47 bits per heavy atom. The Balaban J connectivity index is 0. The van der Waals surface area contributed by atoms with Gasteiger partial charge in [-0.1, -0.05) is 26.7 Å². The summed E-state index contributed by atoms with van der Waals surface area (Å²) in [5.74, 6) is 1.59. The third-order valence-electron chi connectivity index (χ3n) is 2.21. The van der Waals surface area contributed by atoms with Crippen LogP contribution in [0.5, 0.6) is 0 Å². The van der Waals surface area contributed by atoms with Crippen molar-refractivity contribution in [3.8, 4) is 0 Å². The van der Waals surface area contributed by atoms with Gasteiger partial charge in [-0.2, -0.15) is 0 Å². The Kier molecular flexibility index (Phi) is 15.9. The Morgan fingerprint density at radius 1 is 1.24 bits per heavy atom. The summed E-state index contributed by atoms with van der Waals surface area (Å²) in [6.45, 7) is 8.92. The van der Waals surface area contributed by atoms with Gasteiger partial charge in [-0.25, -0.2) is 0 Å². The van der Waals surface area contributed by atoms with Gasteiger partial charge in [0.1, 0.15) is 0 Å². The largest absolute Gasteiger partial charge is 0.395 e. The van der Waals surface area contributed by atoms with Crippen molar-refractivity contribution in [1.29, 1.82) is 0 Å². The number of halogens is 1. The van der Waals surface area contributed by atoms with Crippen molar-refractivity contribution in [2.24, 2.45) is 10.9 Å². The molecule has 0 aromatic carbocycles. The van der Waals surface area contributed by atoms with Gasteiger partial charge in [0.25, 0.3) is 0 Å². The summed E-state index contributed by atoms with van der Waals surface area (Å²) in [6.07, 6.45) is 3.64. The van der Waals surface area contributed by atoms with Gasteiger partial charge < -0.3 is 15.7 Å². The van der Waals surface area contributed by atoms with Crippen LogP contribution in [0.25, 0.3) is 0 Å². The summed E-state index contributed by atoms with van der Waals surface area (Å²) >= 11 is 0. The van der Waals surface area contributed by atoms with Crippen LogP contribution in [-0.4, -0.2) is 37.3 Å². The van der Waals surface area contributed by atoms with Gasteiger partial charge in [0.15, 0.2) is 5.96 Å². The van der Waals surface area contributed by atoms with Gasteiger partial charge >= 0.3 is 0 Å². The van der Waals surface area contributed by atoms with Crippen molar-refractivity contribution >= 4 is 29.9 Å². The van der Waals surface area contributed by atoms with E-state index >= 15 is 0 Å². The van der Waals surface area contributed by atoms with Crippen LogP contribution in [0.15, 0.2) is 4.99 Å². The van der Waals surface area contributed by atoms with E-state index in [4.69, 9.17) is 5.11 Å². The molecule has 5 heteroatoms. The summed E-state index contributed by atoms with van der Waals surface area (Å²) in [4.78, 5) is 4.43. The first-order valence-electron chi connectivity index (χ1n) is 6.33. The second-order valence-electron chi connectivity index (χ2n) is 4.30. The van der Waals surface area contributed by atoms with E-state index in [1.54, 1.807) is 0 Å². The molecule has 0 heterocycles. The van der Waals surface area contributed by atoms with E-state index in [2.05, 4.69) is 29.5 Å². The highest BCUT2D eigenvalue weighted by Gasteiger charge is 1.96. The van der Waals surface area contributed by atoms with Gasteiger partial charge in [-0.15, -0.1) is 24.0 Å². The molecule has 0 bridgehead atoms. The van der Waals surface area contributed by atoms with Crippen molar-refractivity contribution in [2.75, 3.05) is 26.2 Å². The van der Waals surface area contributed by atoms with Crippen molar-refractivity contribution in [3.63, 3.8) is 0 Å². The molecule has 0 unspecified atom stereocenters. The van der Waals surface area contributed by atoms with Crippen LogP contribution < -0.4 is 10.6 Å². The number of hydrogen-bond donors (Lipinski definition) is 3. The fraction of sp³-hybridized carbons (Fsp3) is 0.917. The molecule has 0 saturated carbocycles. The molecule has 0 aliphatic rings. The number of aliphatic hydroxyl groups excluding tert-OH is 1. The van der Waals surface area contributed by atoms with E-state index < -0.39 is 0 Å². The third kappa shape index (κ3) is 13.9. The van der Waals surface area contributed by atoms with Crippen molar-refractivity contribution < 1.29 is 5.11 Å². The number of guanidine groups is 1. The molecule has 0 fully saturated rings. The SMILES string of the molecule is CCNC(=NCCCCC(C)C)NCCO.I. The van der Waals surface area contributed by atoms with E-state index in [0.717, 1.165) is 31.4 Å². The number of nitrogens with one attached hydrogen (secondary N) is 2. The number of aliphatic imine (C=N–C) groups is 1. The molecule has 0 rings (SSSR count). The lowest BCUT2D eigenvalue weighted by atomic mass is 10.1. The van der Waals surface area contributed by atoms with Crippen LogP contribution in [-0.2, 0) is 0 Å². The molecule has 104 valence electrons. The van der Waals surface area contributed by atoms with E-state index in [9.17, 15) is 0 Å². The number of unbranched alkanes of at least 4 members (excludes halogenated alkanes) is 1. The first kappa shape index (κ1) is 19.3. The molecule has 0 aromatic heterocycles. The monoisotopic (exact) mass is 357 g/mol. The number of hydrogen-bond acceptors (Lipinski definition) is 2. The van der Waals surface area contributed by atoms with Crippen molar-refractivity contribution in [1.82, 2.24) is 10.6 Å². The quantitative estimate of drug-likeness (QED) is 0.270. The molecule has 3 N–H and O–H groups in total. The van der Waals surface area contributed by atoms with Gasteiger partial charge in [-0.3, -0.25) is 4.99 Å². The smallest absolute Gasteiger partial charge is 0.191 e. The Morgan fingerprint density at radius 2 is 1.94 bits per heavy atom. The minimum absolute atomic E-state index is 0. The zero-order chi connectivity index (χ0) is 12.2. The molecule has 0 aromatic rings. The number of nitrogens with zero attached hydrogens (tertiary/aromatic N) is 1. The predicted molar refractivity (Wildman–Crippen MR) is 85.2 cm³/mol. The average molecular weight is 357 g/mol. The molecule has 0 saturated heterocycles. The van der Waals surface area contributed by atoms with Crippen molar-refractivity contribution in [2.45, 2.75) is 40.0 Å². The lowest BCUT2D eigenvalue weighted by molar-refractivity contribution is 0.300. The standard InChI is InChI=1S/C12H27N3O.HI/c1-4-13-12(15-9-10-16)14-8-6-5-7-11(2)3;/h11,16H,4-10H2,1-3H3,(H2,13,14,15);1H. The van der Waals surface area contributed by atoms with Gasteiger partial charge in [0.05, 0.1) is 6.61 Å². The van der Waals surface area contributed by atoms with Crippen LogP contribution in [0.2, 0.25) is 0 Å². The van der Waals surface area contributed by atoms with Crippen LogP contribution >= 0.6 is 24.0 Å². The summed E-state index contributed by atoms with van der Waals surface area (Å²) < 4.78 is 0. The van der Waals surface area contributed by atoms with Gasteiger partial charge in [0.2, 0.25) is 0 Å². The maximum Gasteiger partial charge on any atom is 0.191 e. The zero-order valence-corrected chi connectivity index (χ0v) is 13.7. The predicted octanol–water partition coefficient (Wildman–Crippen LogP) is 1.98. The number of aliphatic hydroxyl groups is 1. The summed E-state index contributed by atoms with van der Waals surface area (Å²) in [5.41, 5.74) is 0. The molecule has 0 radical (unpaired) electrons. The van der Waals surface area contributed by atoms with Crippen LogP contribution in [0.4, 0.5) is 0 Å². The second kappa shape index (κ2) is 14.0. The topological polar surface area (TPSA) is 56.7 Å². The Hall–Kier alpha value is -0.0400. The second-order valence-corrected chi connectivity index (χ2v) is 4.30. The fourth-order valence-electron chi connectivity index (χ4n) is 1.37. The third-order valence-corrected chi connectivity index (χ3v) is 2.21. The summed E-state index contributed by atoms with van der Waals surface area (Å²) in [7, 11) is 0. The first-order valence-corrected chi connectivity index (χ1v) is 6.33. The first-order chi connectivity index (χ1) is 7.70. The molecule has 0 atom stereocenters.